The first-order chi connectivity index (χ1) is 9.95. The van der Waals surface area contributed by atoms with Crippen LogP contribution in [-0.4, -0.2) is 11.3 Å². The Bertz CT molecular complexity index is 453. The molecule has 1 aliphatic rings. The molecule has 1 aliphatic carbocycles. The predicted octanol–water partition coefficient (Wildman–Crippen LogP) is 5.13. The maximum Gasteiger partial charge on any atom is 0.140 e. The molecular formula is C17H25F2NS. The molecule has 0 spiro atoms. The van der Waals surface area contributed by atoms with Crippen LogP contribution in [0.2, 0.25) is 0 Å². The van der Waals surface area contributed by atoms with Crippen LogP contribution in [0.5, 0.6) is 0 Å². The molecular weight excluding hydrogens is 288 g/mol. The third-order valence-electron chi connectivity index (χ3n) is 3.95. The zero-order valence-corrected chi connectivity index (χ0v) is 13.9. The van der Waals surface area contributed by atoms with Crippen molar-refractivity contribution in [2.45, 2.75) is 69.2 Å². The van der Waals surface area contributed by atoms with Gasteiger partial charge < -0.3 is 5.32 Å². The SMILES string of the molecule is CC1CCCC(Sc2c(F)cc(CNC(C)C)cc2F)C1. The molecule has 1 nitrogen and oxygen atoms in total. The van der Waals surface area contributed by atoms with Crippen LogP contribution in [0.3, 0.4) is 0 Å². The van der Waals surface area contributed by atoms with Gasteiger partial charge in [-0.25, -0.2) is 8.78 Å². The van der Waals surface area contributed by atoms with Gasteiger partial charge in [0.25, 0.3) is 0 Å². The van der Waals surface area contributed by atoms with Gasteiger partial charge in [-0.2, -0.15) is 0 Å². The minimum atomic E-state index is -0.418. The van der Waals surface area contributed by atoms with Crippen LogP contribution < -0.4 is 5.32 Å². The highest BCUT2D eigenvalue weighted by Gasteiger charge is 2.23. The molecule has 4 heteroatoms. The van der Waals surface area contributed by atoms with Gasteiger partial charge in [-0.05, 0) is 36.5 Å². The lowest BCUT2D eigenvalue weighted by atomic mass is 9.91. The van der Waals surface area contributed by atoms with E-state index in [4.69, 9.17) is 0 Å². The molecule has 2 unspecified atom stereocenters. The molecule has 1 saturated carbocycles. The lowest BCUT2D eigenvalue weighted by Crippen LogP contribution is -2.22. The number of benzene rings is 1. The number of hydrogen-bond donors (Lipinski definition) is 1. The quantitative estimate of drug-likeness (QED) is 0.808. The van der Waals surface area contributed by atoms with E-state index in [1.54, 1.807) is 0 Å². The van der Waals surface area contributed by atoms with Crippen molar-refractivity contribution in [3.8, 4) is 0 Å². The molecule has 1 aromatic carbocycles. The fraction of sp³-hybridized carbons (Fsp3) is 0.647. The van der Waals surface area contributed by atoms with Crippen LogP contribution in [0.15, 0.2) is 17.0 Å². The highest BCUT2D eigenvalue weighted by molar-refractivity contribution is 8.00. The Morgan fingerprint density at radius 2 is 1.90 bits per heavy atom. The molecule has 2 rings (SSSR count). The van der Waals surface area contributed by atoms with Crippen molar-refractivity contribution in [2.75, 3.05) is 0 Å². The Hall–Kier alpha value is -0.610. The second-order valence-corrected chi connectivity index (χ2v) is 7.75. The van der Waals surface area contributed by atoms with Crippen LogP contribution >= 0.6 is 11.8 Å². The van der Waals surface area contributed by atoms with Gasteiger partial charge in [0, 0.05) is 17.8 Å². The Balaban J connectivity index is 2.06. The van der Waals surface area contributed by atoms with Crippen molar-refractivity contribution in [1.29, 1.82) is 0 Å². The van der Waals surface area contributed by atoms with E-state index in [-0.39, 0.29) is 4.90 Å². The van der Waals surface area contributed by atoms with E-state index in [1.165, 1.54) is 36.7 Å². The molecule has 118 valence electrons. The van der Waals surface area contributed by atoms with Gasteiger partial charge in [-0.1, -0.05) is 33.6 Å². The fourth-order valence-electron chi connectivity index (χ4n) is 2.80. The molecule has 0 aliphatic heterocycles. The van der Waals surface area contributed by atoms with Crippen molar-refractivity contribution in [3.05, 3.63) is 29.3 Å². The second-order valence-electron chi connectivity index (χ2n) is 6.44. The van der Waals surface area contributed by atoms with Gasteiger partial charge in [0.05, 0.1) is 4.90 Å². The minimum absolute atomic E-state index is 0.197. The predicted molar refractivity (Wildman–Crippen MR) is 85.6 cm³/mol. The molecule has 0 aromatic heterocycles. The van der Waals surface area contributed by atoms with Crippen LogP contribution in [0.1, 0.15) is 52.0 Å². The average molecular weight is 313 g/mol. The smallest absolute Gasteiger partial charge is 0.140 e. The summed E-state index contributed by atoms with van der Waals surface area (Å²) in [5.74, 6) is -0.172. The summed E-state index contributed by atoms with van der Waals surface area (Å²) in [5, 5.41) is 3.53. The average Bonchev–Trinajstić information content (AvgIpc) is 2.40. The normalized spacial score (nSPS) is 22.8. The van der Waals surface area contributed by atoms with Gasteiger partial charge in [0.15, 0.2) is 0 Å². The van der Waals surface area contributed by atoms with Crippen molar-refractivity contribution in [1.82, 2.24) is 5.32 Å². The van der Waals surface area contributed by atoms with E-state index in [0.717, 1.165) is 12.8 Å². The summed E-state index contributed by atoms with van der Waals surface area (Å²) in [5.41, 5.74) is 0.667. The minimum Gasteiger partial charge on any atom is -0.310 e. The van der Waals surface area contributed by atoms with Crippen LogP contribution in [0, 0.1) is 17.6 Å². The molecule has 0 heterocycles. The molecule has 0 bridgehead atoms. The highest BCUT2D eigenvalue weighted by atomic mass is 32.2. The van der Waals surface area contributed by atoms with Crippen LogP contribution in [0.25, 0.3) is 0 Å². The lowest BCUT2D eigenvalue weighted by Gasteiger charge is -2.26. The second kappa shape index (κ2) is 7.59. The van der Waals surface area contributed by atoms with Crippen molar-refractivity contribution >= 4 is 11.8 Å². The van der Waals surface area contributed by atoms with Crippen molar-refractivity contribution in [3.63, 3.8) is 0 Å². The molecule has 0 amide bonds. The Morgan fingerprint density at radius 3 is 2.48 bits per heavy atom. The molecule has 0 saturated heterocycles. The summed E-state index contributed by atoms with van der Waals surface area (Å²) in [6.45, 7) is 6.75. The number of thioether (sulfide) groups is 1. The molecule has 21 heavy (non-hydrogen) atoms. The molecule has 0 radical (unpaired) electrons. The summed E-state index contributed by atoms with van der Waals surface area (Å²) in [6.07, 6.45) is 4.52. The Kier molecular flexibility index (Phi) is 6.06. The first kappa shape index (κ1) is 16.8. The Morgan fingerprint density at radius 1 is 1.24 bits per heavy atom. The molecule has 2 atom stereocenters. The Labute approximate surface area is 130 Å². The van der Waals surface area contributed by atoms with Gasteiger partial charge in [-0.3, -0.25) is 0 Å². The van der Waals surface area contributed by atoms with Gasteiger partial charge in [0.2, 0.25) is 0 Å². The largest absolute Gasteiger partial charge is 0.310 e. The first-order valence-corrected chi connectivity index (χ1v) is 8.71. The number of hydrogen-bond acceptors (Lipinski definition) is 2. The highest BCUT2D eigenvalue weighted by Crippen LogP contribution is 2.38. The summed E-state index contributed by atoms with van der Waals surface area (Å²) >= 11 is 1.38. The van der Waals surface area contributed by atoms with Crippen LogP contribution in [0.4, 0.5) is 8.78 Å². The van der Waals surface area contributed by atoms with Gasteiger partial charge in [-0.15, -0.1) is 11.8 Å². The third-order valence-corrected chi connectivity index (χ3v) is 5.33. The van der Waals surface area contributed by atoms with E-state index in [0.29, 0.717) is 29.3 Å². The maximum atomic E-state index is 14.2. The monoisotopic (exact) mass is 313 g/mol. The number of rotatable bonds is 5. The van der Waals surface area contributed by atoms with E-state index in [2.05, 4.69) is 12.2 Å². The molecule has 1 aromatic rings. The van der Waals surface area contributed by atoms with E-state index in [9.17, 15) is 8.78 Å². The lowest BCUT2D eigenvalue weighted by molar-refractivity contribution is 0.393. The number of halogens is 2. The topological polar surface area (TPSA) is 12.0 Å². The molecule has 1 fully saturated rings. The zero-order chi connectivity index (χ0) is 15.4. The van der Waals surface area contributed by atoms with Crippen LogP contribution in [-0.2, 0) is 6.54 Å². The van der Waals surface area contributed by atoms with E-state index >= 15 is 0 Å². The van der Waals surface area contributed by atoms with Crippen molar-refractivity contribution in [2.24, 2.45) is 5.92 Å². The van der Waals surface area contributed by atoms with E-state index < -0.39 is 11.6 Å². The summed E-state index contributed by atoms with van der Waals surface area (Å²) in [4.78, 5) is 0.197. The third kappa shape index (κ3) is 4.96. The summed E-state index contributed by atoms with van der Waals surface area (Å²) in [6, 6.07) is 3.23. The number of nitrogens with one attached hydrogen (secondary N) is 1. The summed E-state index contributed by atoms with van der Waals surface area (Å²) < 4.78 is 28.4. The van der Waals surface area contributed by atoms with E-state index in [1.807, 2.05) is 13.8 Å². The fourth-order valence-corrected chi connectivity index (χ4v) is 4.19. The maximum absolute atomic E-state index is 14.2. The zero-order valence-electron chi connectivity index (χ0n) is 13.1. The van der Waals surface area contributed by atoms with Crippen molar-refractivity contribution < 1.29 is 8.78 Å². The first-order valence-electron chi connectivity index (χ1n) is 7.83. The standard InChI is InChI=1S/C17H25F2NS/c1-11(2)20-10-13-8-15(18)17(16(19)9-13)21-14-6-4-5-12(3)7-14/h8-9,11-12,14,20H,4-7,10H2,1-3H3. The van der Waals surface area contributed by atoms with Gasteiger partial charge in [0.1, 0.15) is 11.6 Å². The van der Waals surface area contributed by atoms with Gasteiger partial charge >= 0.3 is 0 Å². The summed E-state index contributed by atoms with van der Waals surface area (Å²) in [7, 11) is 0. The molecule has 1 N–H and O–H groups in total.